The van der Waals surface area contributed by atoms with Gasteiger partial charge in [0.1, 0.15) is 0 Å². The van der Waals surface area contributed by atoms with Gasteiger partial charge < -0.3 is 9.88 Å². The molecule has 0 spiro atoms. The number of carbonyl (C=O) groups is 1. The first-order valence-electron chi connectivity index (χ1n) is 9.22. The first kappa shape index (κ1) is 18.2. The van der Waals surface area contributed by atoms with Crippen LogP contribution >= 0.6 is 12.4 Å². The minimum Gasteiger partial charge on any atom is -0.316 e. The van der Waals surface area contributed by atoms with Crippen LogP contribution in [-0.2, 0) is 4.79 Å². The van der Waals surface area contributed by atoms with Crippen molar-refractivity contribution in [3.63, 3.8) is 0 Å². The molecule has 4 rings (SSSR count). The minimum absolute atomic E-state index is 0. The Balaban J connectivity index is 0.00000182. The van der Waals surface area contributed by atoms with Crippen molar-refractivity contribution in [1.82, 2.24) is 14.9 Å². The zero-order valence-electron chi connectivity index (χ0n) is 14.7. The number of nitrogens with one attached hydrogen (secondary N) is 2. The monoisotopic (exact) mass is 362 g/mol. The fraction of sp³-hybridized carbons (Fsp3) is 0.579. The molecule has 0 bridgehead atoms. The van der Waals surface area contributed by atoms with Crippen molar-refractivity contribution < 1.29 is 4.79 Å². The van der Waals surface area contributed by atoms with Crippen molar-refractivity contribution >= 4 is 35.3 Å². The van der Waals surface area contributed by atoms with E-state index < -0.39 is 0 Å². The van der Waals surface area contributed by atoms with E-state index in [0.29, 0.717) is 12.0 Å². The normalized spacial score (nSPS) is 19.9. The summed E-state index contributed by atoms with van der Waals surface area (Å²) in [5, 5.41) is 6.38. The predicted molar refractivity (Wildman–Crippen MR) is 103 cm³/mol. The van der Waals surface area contributed by atoms with Crippen LogP contribution in [0.2, 0.25) is 0 Å². The van der Waals surface area contributed by atoms with Gasteiger partial charge in [-0.25, -0.2) is 4.98 Å². The Kier molecular flexibility index (Phi) is 5.64. The second kappa shape index (κ2) is 7.75. The molecule has 1 amide bonds. The maximum Gasteiger partial charge on any atom is 0.229 e. The fourth-order valence-corrected chi connectivity index (χ4v) is 3.94. The lowest BCUT2D eigenvalue weighted by Crippen LogP contribution is -2.48. The number of hydrogen-bond acceptors (Lipinski definition) is 3. The topological polar surface area (TPSA) is 59.0 Å². The second-order valence-corrected chi connectivity index (χ2v) is 7.28. The van der Waals surface area contributed by atoms with E-state index in [9.17, 15) is 4.79 Å². The SMILES string of the molecule is CC(C(=O)Nc1nc2ccccc2n1C1CCCCC1)C1CNC1.Cl. The Hall–Kier alpha value is -1.59. The van der Waals surface area contributed by atoms with Crippen molar-refractivity contribution in [2.45, 2.75) is 45.1 Å². The molecule has 136 valence electrons. The van der Waals surface area contributed by atoms with E-state index in [0.717, 1.165) is 30.1 Å². The summed E-state index contributed by atoms with van der Waals surface area (Å²) in [6, 6.07) is 8.66. The quantitative estimate of drug-likeness (QED) is 0.870. The van der Waals surface area contributed by atoms with E-state index >= 15 is 0 Å². The summed E-state index contributed by atoms with van der Waals surface area (Å²) in [7, 11) is 0. The fourth-order valence-electron chi connectivity index (χ4n) is 3.94. The maximum absolute atomic E-state index is 12.7. The highest BCUT2D eigenvalue weighted by atomic mass is 35.5. The van der Waals surface area contributed by atoms with Crippen LogP contribution in [-0.4, -0.2) is 28.5 Å². The summed E-state index contributed by atoms with van der Waals surface area (Å²) in [6.45, 7) is 3.90. The molecule has 2 fully saturated rings. The number of carbonyl (C=O) groups excluding carboxylic acids is 1. The van der Waals surface area contributed by atoms with Crippen molar-refractivity contribution in [3.05, 3.63) is 24.3 Å². The third-order valence-electron chi connectivity index (χ3n) is 5.70. The molecule has 2 aliphatic rings. The molecule has 6 heteroatoms. The highest BCUT2D eigenvalue weighted by molar-refractivity contribution is 5.93. The van der Waals surface area contributed by atoms with Gasteiger partial charge in [-0.05, 0) is 44.0 Å². The van der Waals surface area contributed by atoms with Crippen molar-refractivity contribution in [3.8, 4) is 0 Å². The van der Waals surface area contributed by atoms with Crippen LogP contribution in [0.15, 0.2) is 24.3 Å². The molecule has 1 aromatic carbocycles. The highest BCUT2D eigenvalue weighted by Gasteiger charge is 2.30. The number of amides is 1. The zero-order chi connectivity index (χ0) is 16.5. The van der Waals surface area contributed by atoms with Gasteiger partial charge in [-0.15, -0.1) is 12.4 Å². The molecule has 2 aromatic rings. The molecule has 1 unspecified atom stereocenters. The average Bonchev–Trinajstić information content (AvgIpc) is 2.91. The van der Waals surface area contributed by atoms with Crippen LogP contribution < -0.4 is 10.6 Å². The Morgan fingerprint density at radius 1 is 1.24 bits per heavy atom. The summed E-state index contributed by atoms with van der Waals surface area (Å²) < 4.78 is 2.28. The van der Waals surface area contributed by atoms with Gasteiger partial charge in [0.2, 0.25) is 11.9 Å². The number of rotatable bonds is 4. The number of nitrogens with zero attached hydrogens (tertiary/aromatic N) is 2. The zero-order valence-corrected chi connectivity index (χ0v) is 15.5. The molecule has 25 heavy (non-hydrogen) atoms. The van der Waals surface area contributed by atoms with Crippen molar-refractivity contribution in [1.29, 1.82) is 0 Å². The Labute approximate surface area is 155 Å². The van der Waals surface area contributed by atoms with Gasteiger partial charge in [0.15, 0.2) is 0 Å². The first-order chi connectivity index (χ1) is 11.7. The third-order valence-corrected chi connectivity index (χ3v) is 5.70. The van der Waals surface area contributed by atoms with Gasteiger partial charge in [-0.2, -0.15) is 0 Å². The van der Waals surface area contributed by atoms with Gasteiger partial charge in [-0.3, -0.25) is 10.1 Å². The van der Waals surface area contributed by atoms with E-state index in [4.69, 9.17) is 4.98 Å². The van der Waals surface area contributed by atoms with Gasteiger partial charge in [-0.1, -0.05) is 38.3 Å². The van der Waals surface area contributed by atoms with Gasteiger partial charge in [0.25, 0.3) is 0 Å². The Morgan fingerprint density at radius 2 is 1.96 bits per heavy atom. The number of anilines is 1. The molecule has 1 saturated heterocycles. The Morgan fingerprint density at radius 3 is 2.64 bits per heavy atom. The lowest BCUT2D eigenvalue weighted by atomic mass is 9.88. The van der Waals surface area contributed by atoms with E-state index in [1.807, 2.05) is 19.1 Å². The third kappa shape index (κ3) is 3.53. The number of halogens is 1. The molecule has 1 aliphatic carbocycles. The van der Waals surface area contributed by atoms with E-state index in [1.54, 1.807) is 0 Å². The maximum atomic E-state index is 12.7. The number of hydrogen-bond donors (Lipinski definition) is 2. The second-order valence-electron chi connectivity index (χ2n) is 7.28. The number of para-hydroxylation sites is 2. The molecule has 2 heterocycles. The summed E-state index contributed by atoms with van der Waals surface area (Å²) in [5.74, 6) is 1.28. The molecule has 2 N–H and O–H groups in total. The van der Waals surface area contributed by atoms with Crippen molar-refractivity contribution in [2.75, 3.05) is 18.4 Å². The van der Waals surface area contributed by atoms with Crippen LogP contribution in [0, 0.1) is 11.8 Å². The largest absolute Gasteiger partial charge is 0.316 e. The number of aromatic nitrogens is 2. The van der Waals surface area contributed by atoms with Gasteiger partial charge >= 0.3 is 0 Å². The predicted octanol–water partition coefficient (Wildman–Crippen LogP) is 3.76. The molecule has 0 radical (unpaired) electrons. The van der Waals surface area contributed by atoms with Crippen LogP contribution in [0.3, 0.4) is 0 Å². The molecular formula is C19H27ClN4O. The van der Waals surface area contributed by atoms with E-state index in [1.165, 1.54) is 32.1 Å². The highest BCUT2D eigenvalue weighted by Crippen LogP contribution is 2.34. The minimum atomic E-state index is 0. The smallest absolute Gasteiger partial charge is 0.229 e. The lowest BCUT2D eigenvalue weighted by molar-refractivity contribution is -0.121. The van der Waals surface area contributed by atoms with Crippen molar-refractivity contribution in [2.24, 2.45) is 11.8 Å². The number of fused-ring (bicyclic) bond motifs is 1. The van der Waals surface area contributed by atoms with Gasteiger partial charge in [0, 0.05) is 12.0 Å². The van der Waals surface area contributed by atoms with Crippen LogP contribution in [0.1, 0.15) is 45.1 Å². The Bertz CT molecular complexity index is 734. The van der Waals surface area contributed by atoms with E-state index in [-0.39, 0.29) is 24.2 Å². The molecule has 1 atom stereocenters. The molecule has 1 aromatic heterocycles. The van der Waals surface area contributed by atoms with Crippen LogP contribution in [0.25, 0.3) is 11.0 Å². The molecule has 1 aliphatic heterocycles. The van der Waals surface area contributed by atoms with E-state index in [2.05, 4.69) is 27.3 Å². The van der Waals surface area contributed by atoms with Gasteiger partial charge in [0.05, 0.1) is 11.0 Å². The number of imidazole rings is 1. The first-order valence-corrected chi connectivity index (χ1v) is 9.22. The number of benzene rings is 1. The average molecular weight is 363 g/mol. The van der Waals surface area contributed by atoms with Crippen LogP contribution in [0.5, 0.6) is 0 Å². The summed E-state index contributed by atoms with van der Waals surface area (Å²) >= 11 is 0. The standard InChI is InChI=1S/C19H26N4O.ClH/c1-13(14-11-20-12-14)18(24)22-19-21-16-9-5-6-10-17(16)23(19)15-7-3-2-4-8-15;/h5-6,9-10,13-15,20H,2-4,7-8,11-12H2,1H3,(H,21,22,24);1H. The molecule has 5 nitrogen and oxygen atoms in total. The summed E-state index contributed by atoms with van der Waals surface area (Å²) in [6.07, 6.45) is 6.18. The molecule has 1 saturated carbocycles. The summed E-state index contributed by atoms with van der Waals surface area (Å²) in [4.78, 5) is 17.4. The van der Waals surface area contributed by atoms with Crippen LogP contribution in [0.4, 0.5) is 5.95 Å². The molecular weight excluding hydrogens is 336 g/mol. The lowest BCUT2D eigenvalue weighted by Gasteiger charge is -2.32. The summed E-state index contributed by atoms with van der Waals surface area (Å²) in [5.41, 5.74) is 2.11.